The zero-order chi connectivity index (χ0) is 17.1. The summed E-state index contributed by atoms with van der Waals surface area (Å²) >= 11 is 7.67. The molecule has 24 heavy (non-hydrogen) atoms. The summed E-state index contributed by atoms with van der Waals surface area (Å²) in [6.45, 7) is 3.77. The Kier molecular flexibility index (Phi) is 5.02. The number of rotatable bonds is 5. The summed E-state index contributed by atoms with van der Waals surface area (Å²) in [5.41, 5.74) is 1.62. The van der Waals surface area contributed by atoms with Crippen LogP contribution in [0.15, 0.2) is 46.2 Å². The predicted molar refractivity (Wildman–Crippen MR) is 96.3 cm³/mol. The monoisotopic (exact) mass is 360 g/mol. The van der Waals surface area contributed by atoms with Crippen LogP contribution in [0.1, 0.15) is 30.2 Å². The summed E-state index contributed by atoms with van der Waals surface area (Å²) in [6, 6.07) is 11.1. The first-order valence-corrected chi connectivity index (χ1v) is 8.83. The van der Waals surface area contributed by atoms with Gasteiger partial charge in [-0.15, -0.1) is 11.3 Å². The molecule has 1 amide bonds. The van der Waals surface area contributed by atoms with Gasteiger partial charge >= 0.3 is 0 Å². The Bertz CT molecular complexity index is 856. The number of benzene rings is 1. The van der Waals surface area contributed by atoms with Crippen LogP contribution in [0, 0.1) is 6.92 Å². The lowest BCUT2D eigenvalue weighted by Crippen LogP contribution is -2.27. The smallest absolute Gasteiger partial charge is 0.226 e. The van der Waals surface area contributed by atoms with Crippen molar-refractivity contribution >= 4 is 28.8 Å². The standard InChI is InChI=1S/C18H17ClN2O2S/c1-11-7-8-16(23-11)12(2)20-17(22)9-13-10-24-18(21-13)14-5-3-4-6-15(14)19/h3-8,10,12H,9H2,1-2H3,(H,20,22). The van der Waals surface area contributed by atoms with Gasteiger partial charge in [0.15, 0.2) is 0 Å². The highest BCUT2D eigenvalue weighted by atomic mass is 35.5. The van der Waals surface area contributed by atoms with E-state index in [0.717, 1.165) is 27.8 Å². The number of carbonyl (C=O) groups is 1. The fraction of sp³-hybridized carbons (Fsp3) is 0.222. The molecule has 124 valence electrons. The summed E-state index contributed by atoms with van der Waals surface area (Å²) in [5, 5.41) is 6.29. The number of nitrogens with zero attached hydrogens (tertiary/aromatic N) is 1. The first-order valence-electron chi connectivity index (χ1n) is 7.58. The van der Waals surface area contributed by atoms with Crippen LogP contribution in [-0.2, 0) is 11.2 Å². The van der Waals surface area contributed by atoms with Crippen LogP contribution in [0.5, 0.6) is 0 Å². The van der Waals surface area contributed by atoms with Gasteiger partial charge in [-0.05, 0) is 32.0 Å². The van der Waals surface area contributed by atoms with Crippen molar-refractivity contribution in [2.75, 3.05) is 0 Å². The Hall–Kier alpha value is -2.11. The van der Waals surface area contributed by atoms with Crippen LogP contribution in [0.2, 0.25) is 5.02 Å². The molecule has 4 nitrogen and oxygen atoms in total. The van der Waals surface area contributed by atoms with E-state index in [4.69, 9.17) is 16.0 Å². The van der Waals surface area contributed by atoms with Crippen LogP contribution in [0.25, 0.3) is 10.6 Å². The minimum atomic E-state index is -0.173. The van der Waals surface area contributed by atoms with Crippen molar-refractivity contribution in [1.82, 2.24) is 10.3 Å². The molecule has 1 atom stereocenters. The van der Waals surface area contributed by atoms with Gasteiger partial charge in [0.25, 0.3) is 0 Å². The van der Waals surface area contributed by atoms with E-state index in [-0.39, 0.29) is 18.4 Å². The predicted octanol–water partition coefficient (Wildman–Crippen LogP) is 4.78. The third-order valence-electron chi connectivity index (χ3n) is 3.56. The van der Waals surface area contributed by atoms with Gasteiger partial charge in [0.2, 0.25) is 5.91 Å². The molecule has 2 aromatic heterocycles. The van der Waals surface area contributed by atoms with Gasteiger partial charge in [-0.1, -0.05) is 29.8 Å². The van der Waals surface area contributed by atoms with E-state index in [1.807, 2.05) is 55.6 Å². The van der Waals surface area contributed by atoms with Gasteiger partial charge in [-0.2, -0.15) is 0 Å². The van der Waals surface area contributed by atoms with Gasteiger partial charge < -0.3 is 9.73 Å². The number of aryl methyl sites for hydroxylation is 1. The Morgan fingerprint density at radius 3 is 2.83 bits per heavy atom. The molecule has 0 spiro atoms. The summed E-state index contributed by atoms with van der Waals surface area (Å²) in [5.74, 6) is 1.48. The lowest BCUT2D eigenvalue weighted by Gasteiger charge is -2.10. The van der Waals surface area contributed by atoms with Crippen molar-refractivity contribution in [2.24, 2.45) is 0 Å². The van der Waals surface area contributed by atoms with Crippen LogP contribution < -0.4 is 5.32 Å². The second kappa shape index (κ2) is 7.20. The maximum atomic E-state index is 12.2. The van der Waals surface area contributed by atoms with E-state index >= 15 is 0 Å². The number of thiazole rings is 1. The highest BCUT2D eigenvalue weighted by molar-refractivity contribution is 7.13. The molecule has 0 saturated heterocycles. The molecule has 1 N–H and O–H groups in total. The van der Waals surface area contributed by atoms with Crippen molar-refractivity contribution in [3.05, 3.63) is 64.0 Å². The molecule has 0 radical (unpaired) electrons. The van der Waals surface area contributed by atoms with E-state index < -0.39 is 0 Å². The molecule has 3 rings (SSSR count). The molecule has 0 bridgehead atoms. The highest BCUT2D eigenvalue weighted by Gasteiger charge is 2.15. The van der Waals surface area contributed by atoms with Crippen LogP contribution in [0.3, 0.4) is 0 Å². The van der Waals surface area contributed by atoms with Crippen molar-refractivity contribution in [3.63, 3.8) is 0 Å². The maximum absolute atomic E-state index is 12.2. The molecule has 2 heterocycles. The number of aromatic nitrogens is 1. The SMILES string of the molecule is Cc1ccc(C(C)NC(=O)Cc2csc(-c3ccccc3Cl)n2)o1. The van der Waals surface area contributed by atoms with E-state index in [9.17, 15) is 4.79 Å². The molecule has 0 aliphatic heterocycles. The lowest BCUT2D eigenvalue weighted by atomic mass is 10.2. The number of furan rings is 1. The van der Waals surface area contributed by atoms with E-state index in [0.29, 0.717) is 5.02 Å². The van der Waals surface area contributed by atoms with Crippen LogP contribution in [0.4, 0.5) is 0 Å². The minimum Gasteiger partial charge on any atom is -0.464 e. The molecule has 1 unspecified atom stereocenters. The van der Waals surface area contributed by atoms with E-state index in [2.05, 4.69) is 10.3 Å². The Morgan fingerprint density at radius 2 is 2.12 bits per heavy atom. The largest absolute Gasteiger partial charge is 0.464 e. The summed E-state index contributed by atoms with van der Waals surface area (Å²) in [7, 11) is 0. The van der Waals surface area contributed by atoms with E-state index in [1.165, 1.54) is 11.3 Å². The molecular weight excluding hydrogens is 344 g/mol. The normalized spacial score (nSPS) is 12.1. The Morgan fingerprint density at radius 1 is 1.33 bits per heavy atom. The summed E-state index contributed by atoms with van der Waals surface area (Å²) in [4.78, 5) is 16.7. The number of nitrogens with one attached hydrogen (secondary N) is 1. The molecule has 0 aliphatic carbocycles. The van der Waals surface area contributed by atoms with Gasteiger partial charge in [0.05, 0.1) is 23.2 Å². The molecule has 0 fully saturated rings. The number of hydrogen-bond donors (Lipinski definition) is 1. The number of amides is 1. The van der Waals surface area contributed by atoms with Gasteiger partial charge in [0.1, 0.15) is 16.5 Å². The van der Waals surface area contributed by atoms with Crippen molar-refractivity contribution in [1.29, 1.82) is 0 Å². The number of hydrogen-bond acceptors (Lipinski definition) is 4. The maximum Gasteiger partial charge on any atom is 0.226 e. The average Bonchev–Trinajstić information content (AvgIpc) is 3.17. The average molecular weight is 361 g/mol. The molecular formula is C18H17ClN2O2S. The highest BCUT2D eigenvalue weighted by Crippen LogP contribution is 2.30. The first-order chi connectivity index (χ1) is 11.5. The van der Waals surface area contributed by atoms with Gasteiger partial charge in [0, 0.05) is 10.9 Å². The summed E-state index contributed by atoms with van der Waals surface area (Å²) in [6.07, 6.45) is 0.227. The van der Waals surface area contributed by atoms with Gasteiger partial charge in [-0.3, -0.25) is 4.79 Å². The zero-order valence-corrected chi connectivity index (χ0v) is 14.9. The van der Waals surface area contributed by atoms with Crippen LogP contribution in [-0.4, -0.2) is 10.9 Å². The third-order valence-corrected chi connectivity index (χ3v) is 4.82. The van der Waals surface area contributed by atoms with Crippen molar-refractivity contribution in [3.8, 4) is 10.6 Å². The molecule has 0 saturated carbocycles. The number of halogens is 1. The first kappa shape index (κ1) is 16.7. The lowest BCUT2D eigenvalue weighted by molar-refractivity contribution is -0.121. The summed E-state index contributed by atoms with van der Waals surface area (Å²) < 4.78 is 5.53. The Labute approximate surface area is 149 Å². The fourth-order valence-electron chi connectivity index (χ4n) is 2.36. The second-order valence-corrected chi connectivity index (χ2v) is 6.80. The fourth-order valence-corrected chi connectivity index (χ4v) is 3.50. The topological polar surface area (TPSA) is 55.1 Å². The molecule has 1 aromatic carbocycles. The van der Waals surface area contributed by atoms with Gasteiger partial charge in [-0.25, -0.2) is 4.98 Å². The zero-order valence-electron chi connectivity index (χ0n) is 13.4. The van der Waals surface area contributed by atoms with Crippen molar-refractivity contribution in [2.45, 2.75) is 26.3 Å². The number of carbonyl (C=O) groups excluding carboxylic acids is 1. The molecule has 3 aromatic rings. The quantitative estimate of drug-likeness (QED) is 0.712. The van der Waals surface area contributed by atoms with Crippen molar-refractivity contribution < 1.29 is 9.21 Å². The molecule has 6 heteroatoms. The molecule has 0 aliphatic rings. The van der Waals surface area contributed by atoms with Crippen LogP contribution >= 0.6 is 22.9 Å². The Balaban J connectivity index is 1.64. The minimum absolute atomic E-state index is 0.0902. The second-order valence-electron chi connectivity index (χ2n) is 5.54. The third kappa shape index (κ3) is 3.86. The van der Waals surface area contributed by atoms with E-state index in [1.54, 1.807) is 0 Å².